The standard InChI is InChI=1S/C20H17N5O2/c1-13-17(20(27)25(23-13)15-8-4-3-5-9-15)12-21-24-14(2)22-18-11-7-6-10-16(18)19(24)26/h3-12,21,23H,1H2,2H3/b17-12-. The van der Waals surface area contributed by atoms with Crippen molar-refractivity contribution in [3.05, 3.63) is 91.7 Å². The lowest BCUT2D eigenvalue weighted by Gasteiger charge is -2.09. The summed E-state index contributed by atoms with van der Waals surface area (Å²) in [5.74, 6) is 0.486. The summed E-state index contributed by atoms with van der Waals surface area (Å²) >= 11 is 0. The van der Waals surface area contributed by atoms with Crippen molar-refractivity contribution < 1.29 is 0 Å². The van der Waals surface area contributed by atoms with Gasteiger partial charge in [0.15, 0.2) is 0 Å². The fourth-order valence-corrected chi connectivity index (χ4v) is 2.93. The highest BCUT2D eigenvalue weighted by Crippen LogP contribution is 2.06. The predicted molar refractivity (Wildman–Crippen MR) is 106 cm³/mol. The van der Waals surface area contributed by atoms with Gasteiger partial charge >= 0.3 is 0 Å². The van der Waals surface area contributed by atoms with Crippen LogP contribution in [0.5, 0.6) is 0 Å². The predicted octanol–water partition coefficient (Wildman–Crippen LogP) is 0.576. The quantitative estimate of drug-likeness (QED) is 0.560. The van der Waals surface area contributed by atoms with E-state index in [4.69, 9.17) is 0 Å². The Kier molecular flexibility index (Phi) is 3.97. The summed E-state index contributed by atoms with van der Waals surface area (Å²) in [6.45, 7) is 5.61. The maximum Gasteiger partial charge on any atom is 0.280 e. The van der Waals surface area contributed by atoms with Gasteiger partial charge in [-0.1, -0.05) is 36.9 Å². The van der Waals surface area contributed by atoms with E-state index in [1.54, 1.807) is 25.1 Å². The molecule has 134 valence electrons. The van der Waals surface area contributed by atoms with Crippen LogP contribution in [0.15, 0.2) is 64.2 Å². The Morgan fingerprint density at radius 2 is 1.74 bits per heavy atom. The minimum absolute atomic E-state index is 0.237. The molecule has 0 bridgehead atoms. The van der Waals surface area contributed by atoms with Crippen LogP contribution in [-0.2, 0) is 0 Å². The van der Waals surface area contributed by atoms with Crippen LogP contribution in [0.2, 0.25) is 0 Å². The third-order valence-corrected chi connectivity index (χ3v) is 4.30. The van der Waals surface area contributed by atoms with E-state index < -0.39 is 0 Å². The summed E-state index contributed by atoms with van der Waals surface area (Å²) < 4.78 is 2.71. The monoisotopic (exact) mass is 359 g/mol. The van der Waals surface area contributed by atoms with E-state index in [0.29, 0.717) is 33.0 Å². The van der Waals surface area contributed by atoms with Crippen molar-refractivity contribution in [1.82, 2.24) is 19.4 Å². The van der Waals surface area contributed by atoms with Crippen molar-refractivity contribution in [3.63, 3.8) is 0 Å². The molecule has 4 aromatic rings. The normalized spacial score (nSPS) is 11.8. The average molecular weight is 359 g/mol. The first-order valence-corrected chi connectivity index (χ1v) is 8.37. The van der Waals surface area contributed by atoms with E-state index in [-0.39, 0.29) is 11.1 Å². The molecule has 2 aromatic heterocycles. The Labute approximate surface area is 153 Å². The number of H-pyrrole nitrogens is 1. The van der Waals surface area contributed by atoms with Crippen LogP contribution in [0.3, 0.4) is 0 Å². The van der Waals surface area contributed by atoms with Gasteiger partial charge in [0.1, 0.15) is 5.82 Å². The molecule has 0 aliphatic heterocycles. The Balaban J connectivity index is 1.82. The molecule has 4 rings (SSSR count). The number of aryl methyl sites for hydroxylation is 1. The van der Waals surface area contributed by atoms with Crippen LogP contribution < -0.4 is 27.1 Å². The van der Waals surface area contributed by atoms with Crippen molar-refractivity contribution >= 4 is 23.7 Å². The summed E-state index contributed by atoms with van der Waals surface area (Å²) in [6.07, 6.45) is 1.46. The molecular weight excluding hydrogens is 342 g/mol. The summed E-state index contributed by atoms with van der Waals surface area (Å²) in [7, 11) is 0. The lowest BCUT2D eigenvalue weighted by molar-refractivity contribution is 0.833. The molecule has 7 heteroatoms. The van der Waals surface area contributed by atoms with Crippen LogP contribution in [0.25, 0.3) is 29.4 Å². The number of hydrogen-bond donors (Lipinski definition) is 2. The Hall–Kier alpha value is -3.87. The highest BCUT2D eigenvalue weighted by atomic mass is 16.1. The smallest absolute Gasteiger partial charge is 0.280 e. The Morgan fingerprint density at radius 3 is 2.52 bits per heavy atom. The van der Waals surface area contributed by atoms with Crippen molar-refractivity contribution in [1.29, 1.82) is 0 Å². The van der Waals surface area contributed by atoms with Crippen molar-refractivity contribution in [2.45, 2.75) is 6.92 Å². The van der Waals surface area contributed by atoms with Gasteiger partial charge in [-0.3, -0.25) is 20.1 Å². The number of rotatable bonds is 3. The van der Waals surface area contributed by atoms with Crippen LogP contribution in [-0.4, -0.2) is 19.4 Å². The van der Waals surface area contributed by atoms with Crippen LogP contribution in [0, 0.1) is 6.92 Å². The minimum atomic E-state index is -0.266. The molecule has 0 atom stereocenters. The molecule has 0 amide bonds. The van der Waals surface area contributed by atoms with E-state index >= 15 is 0 Å². The average Bonchev–Trinajstić information content (AvgIpc) is 2.96. The topological polar surface area (TPSA) is 84.7 Å². The van der Waals surface area contributed by atoms with Crippen LogP contribution in [0.4, 0.5) is 0 Å². The minimum Gasteiger partial charge on any atom is -0.296 e. The largest absolute Gasteiger partial charge is 0.296 e. The van der Waals surface area contributed by atoms with Gasteiger partial charge < -0.3 is 0 Å². The maximum atomic E-state index is 12.7. The molecule has 27 heavy (non-hydrogen) atoms. The number of aromatic nitrogens is 4. The van der Waals surface area contributed by atoms with Gasteiger partial charge in [0.2, 0.25) is 0 Å². The fraction of sp³-hybridized carbons (Fsp3) is 0.0500. The molecule has 0 aliphatic carbocycles. The highest BCUT2D eigenvalue weighted by molar-refractivity contribution is 5.77. The molecule has 7 nitrogen and oxygen atoms in total. The first-order chi connectivity index (χ1) is 13.1. The second kappa shape index (κ2) is 6.45. The van der Waals surface area contributed by atoms with E-state index in [1.807, 2.05) is 36.4 Å². The molecule has 2 heterocycles. The first kappa shape index (κ1) is 16.6. The fourth-order valence-electron chi connectivity index (χ4n) is 2.93. The summed E-state index contributed by atoms with van der Waals surface area (Å²) in [6, 6.07) is 16.3. The third kappa shape index (κ3) is 2.85. The molecular formula is C20H17N5O2. The number of nitrogens with one attached hydrogen (secondary N) is 2. The van der Waals surface area contributed by atoms with E-state index in [2.05, 4.69) is 22.1 Å². The van der Waals surface area contributed by atoms with Gasteiger partial charge in [0.25, 0.3) is 11.1 Å². The lowest BCUT2D eigenvalue weighted by Crippen LogP contribution is -2.38. The molecule has 0 radical (unpaired) electrons. The SMILES string of the molecule is C=c1[nH]n(-c2ccccc2)c(=O)/c1=C\Nn1c(C)nc2ccccc2c1=O. The lowest BCUT2D eigenvalue weighted by atomic mass is 10.2. The first-order valence-electron chi connectivity index (χ1n) is 8.37. The number of nitrogens with zero attached hydrogens (tertiary/aromatic N) is 3. The zero-order valence-electron chi connectivity index (χ0n) is 14.6. The van der Waals surface area contributed by atoms with Crippen molar-refractivity contribution in [2.24, 2.45) is 0 Å². The Morgan fingerprint density at radius 1 is 1.04 bits per heavy atom. The van der Waals surface area contributed by atoms with Gasteiger partial charge in [0, 0.05) is 6.20 Å². The summed E-state index contributed by atoms with van der Waals surface area (Å²) in [5, 5.41) is 4.21. The van der Waals surface area contributed by atoms with Gasteiger partial charge in [-0.2, -0.15) is 0 Å². The summed E-state index contributed by atoms with van der Waals surface area (Å²) in [5.41, 5.74) is 3.71. The highest BCUT2D eigenvalue weighted by Gasteiger charge is 2.07. The number of hydrogen-bond acceptors (Lipinski definition) is 4. The summed E-state index contributed by atoms with van der Waals surface area (Å²) in [4.78, 5) is 29.8. The molecule has 0 unspecified atom stereocenters. The maximum absolute atomic E-state index is 12.7. The second-order valence-corrected chi connectivity index (χ2v) is 6.07. The van der Waals surface area contributed by atoms with Crippen LogP contribution >= 0.6 is 0 Å². The zero-order chi connectivity index (χ0) is 19.0. The molecule has 0 aliphatic rings. The van der Waals surface area contributed by atoms with Crippen LogP contribution in [0.1, 0.15) is 5.82 Å². The number of aromatic amines is 1. The number of fused-ring (bicyclic) bond motifs is 1. The third-order valence-electron chi connectivity index (χ3n) is 4.30. The zero-order valence-corrected chi connectivity index (χ0v) is 14.6. The van der Waals surface area contributed by atoms with E-state index in [0.717, 1.165) is 0 Å². The number of benzene rings is 2. The van der Waals surface area contributed by atoms with Gasteiger partial charge in [0.05, 0.1) is 27.2 Å². The van der Waals surface area contributed by atoms with Gasteiger partial charge in [-0.25, -0.2) is 14.3 Å². The van der Waals surface area contributed by atoms with Gasteiger partial charge in [-0.05, 0) is 31.2 Å². The van der Waals surface area contributed by atoms with E-state index in [1.165, 1.54) is 15.6 Å². The molecule has 0 fully saturated rings. The Bertz CT molecular complexity index is 1360. The van der Waals surface area contributed by atoms with Gasteiger partial charge in [-0.15, -0.1) is 0 Å². The molecule has 0 saturated heterocycles. The van der Waals surface area contributed by atoms with Crippen molar-refractivity contribution in [3.8, 4) is 5.69 Å². The van der Waals surface area contributed by atoms with Crippen molar-refractivity contribution in [2.75, 3.05) is 5.43 Å². The molecule has 2 N–H and O–H groups in total. The molecule has 0 saturated carbocycles. The molecule has 0 spiro atoms. The second-order valence-electron chi connectivity index (χ2n) is 6.07. The van der Waals surface area contributed by atoms with E-state index in [9.17, 15) is 9.59 Å². The molecule has 2 aromatic carbocycles. The number of para-hydroxylation sites is 2.